The highest BCUT2D eigenvalue weighted by molar-refractivity contribution is 6.07. The zero-order valence-corrected chi connectivity index (χ0v) is 14.5. The van der Waals surface area contributed by atoms with E-state index in [9.17, 15) is 4.79 Å². The molecule has 3 aromatic rings. The summed E-state index contributed by atoms with van der Waals surface area (Å²) in [4.78, 5) is 12.5. The SMILES string of the molecule is CCOc1cccc(/C=C/C(=O)c2cccc(-n3cnnn3)c2)c1OC. The summed E-state index contributed by atoms with van der Waals surface area (Å²) in [5.74, 6) is 1.11. The van der Waals surface area contributed by atoms with Crippen LogP contribution in [0.3, 0.4) is 0 Å². The molecule has 26 heavy (non-hydrogen) atoms. The van der Waals surface area contributed by atoms with Crippen molar-refractivity contribution in [1.82, 2.24) is 20.2 Å². The molecule has 0 N–H and O–H groups in total. The lowest BCUT2D eigenvalue weighted by molar-refractivity contribution is 0.104. The Kier molecular flexibility index (Phi) is 5.38. The summed E-state index contributed by atoms with van der Waals surface area (Å²) < 4.78 is 12.5. The monoisotopic (exact) mass is 350 g/mol. The zero-order valence-electron chi connectivity index (χ0n) is 14.5. The molecule has 2 aromatic carbocycles. The molecule has 0 aliphatic heterocycles. The minimum atomic E-state index is -0.135. The smallest absolute Gasteiger partial charge is 0.185 e. The van der Waals surface area contributed by atoms with Gasteiger partial charge in [0.1, 0.15) is 6.33 Å². The van der Waals surface area contributed by atoms with Gasteiger partial charge < -0.3 is 9.47 Å². The molecular weight excluding hydrogens is 332 g/mol. The van der Waals surface area contributed by atoms with Gasteiger partial charge in [0.15, 0.2) is 17.3 Å². The molecule has 0 bridgehead atoms. The average Bonchev–Trinajstić information content (AvgIpc) is 3.21. The molecule has 0 fully saturated rings. The van der Waals surface area contributed by atoms with Gasteiger partial charge in [0.05, 0.1) is 19.4 Å². The van der Waals surface area contributed by atoms with Crippen molar-refractivity contribution in [1.29, 1.82) is 0 Å². The Balaban J connectivity index is 1.84. The quantitative estimate of drug-likeness (QED) is 0.481. The van der Waals surface area contributed by atoms with Crippen molar-refractivity contribution in [3.05, 3.63) is 66.0 Å². The van der Waals surface area contributed by atoms with Crippen LogP contribution in [-0.4, -0.2) is 39.7 Å². The number of tetrazole rings is 1. The Hall–Kier alpha value is -3.48. The maximum Gasteiger partial charge on any atom is 0.185 e. The summed E-state index contributed by atoms with van der Waals surface area (Å²) in [6.07, 6.45) is 4.70. The number of aromatic nitrogens is 4. The number of allylic oxidation sites excluding steroid dienone is 1. The van der Waals surface area contributed by atoms with Crippen LogP contribution in [0.2, 0.25) is 0 Å². The molecule has 3 rings (SSSR count). The summed E-state index contributed by atoms with van der Waals surface area (Å²) in [5.41, 5.74) is 2.02. The largest absolute Gasteiger partial charge is 0.492 e. The van der Waals surface area contributed by atoms with Crippen LogP contribution in [0.1, 0.15) is 22.8 Å². The zero-order chi connectivity index (χ0) is 18.4. The number of nitrogens with zero attached hydrogens (tertiary/aromatic N) is 4. The molecule has 0 atom stereocenters. The second-order valence-electron chi connectivity index (χ2n) is 5.31. The Morgan fingerprint density at radius 3 is 2.81 bits per heavy atom. The van der Waals surface area contributed by atoms with Gasteiger partial charge in [0.25, 0.3) is 0 Å². The van der Waals surface area contributed by atoms with E-state index in [1.807, 2.05) is 31.2 Å². The van der Waals surface area contributed by atoms with E-state index in [1.54, 1.807) is 31.4 Å². The second kappa shape index (κ2) is 8.06. The standard InChI is InChI=1S/C19H18N4O3/c1-3-26-18-9-5-6-14(19(18)25-2)10-11-17(24)15-7-4-8-16(12-15)23-13-20-21-22-23/h4-13H,3H2,1-2H3/b11-10+. The van der Waals surface area contributed by atoms with Crippen molar-refractivity contribution in [3.63, 3.8) is 0 Å². The van der Waals surface area contributed by atoms with E-state index in [2.05, 4.69) is 15.5 Å². The molecule has 7 heteroatoms. The predicted molar refractivity (Wildman–Crippen MR) is 96.7 cm³/mol. The lowest BCUT2D eigenvalue weighted by atomic mass is 10.1. The third-order valence-electron chi connectivity index (χ3n) is 3.67. The van der Waals surface area contributed by atoms with Gasteiger partial charge in [-0.05, 0) is 47.7 Å². The number of ketones is 1. The second-order valence-corrected chi connectivity index (χ2v) is 5.31. The fourth-order valence-electron chi connectivity index (χ4n) is 2.49. The first-order valence-electron chi connectivity index (χ1n) is 8.08. The Bertz CT molecular complexity index is 920. The van der Waals surface area contributed by atoms with Crippen molar-refractivity contribution in [3.8, 4) is 17.2 Å². The third-order valence-corrected chi connectivity index (χ3v) is 3.67. The van der Waals surface area contributed by atoms with E-state index in [0.717, 1.165) is 5.56 Å². The molecule has 0 saturated carbocycles. The van der Waals surface area contributed by atoms with Crippen molar-refractivity contribution >= 4 is 11.9 Å². The Labute approximate surface area is 150 Å². The number of hydrogen-bond donors (Lipinski definition) is 0. The number of carbonyl (C=O) groups excluding carboxylic acids is 1. The molecule has 0 unspecified atom stereocenters. The summed E-state index contributed by atoms with van der Waals surface area (Å²) in [5, 5.41) is 11.0. The first-order valence-corrected chi connectivity index (χ1v) is 8.08. The van der Waals surface area contributed by atoms with Crippen LogP contribution in [0.4, 0.5) is 0 Å². The van der Waals surface area contributed by atoms with Gasteiger partial charge in [-0.2, -0.15) is 0 Å². The van der Waals surface area contributed by atoms with Crippen LogP contribution in [0.15, 0.2) is 54.9 Å². The molecule has 0 aliphatic carbocycles. The molecule has 1 heterocycles. The topological polar surface area (TPSA) is 79.1 Å². The minimum absolute atomic E-state index is 0.135. The van der Waals surface area contributed by atoms with E-state index < -0.39 is 0 Å². The number of carbonyl (C=O) groups is 1. The van der Waals surface area contributed by atoms with Gasteiger partial charge in [0, 0.05) is 11.1 Å². The van der Waals surface area contributed by atoms with Crippen LogP contribution in [0, 0.1) is 0 Å². The van der Waals surface area contributed by atoms with Crippen molar-refractivity contribution in [2.45, 2.75) is 6.92 Å². The van der Waals surface area contributed by atoms with Gasteiger partial charge in [-0.1, -0.05) is 24.3 Å². The fourth-order valence-corrected chi connectivity index (χ4v) is 2.49. The molecule has 132 valence electrons. The number of ether oxygens (including phenoxy) is 2. The maximum atomic E-state index is 12.5. The summed E-state index contributed by atoms with van der Waals surface area (Å²) in [6, 6.07) is 12.6. The third kappa shape index (κ3) is 3.77. The van der Waals surface area contributed by atoms with E-state index in [-0.39, 0.29) is 5.78 Å². The summed E-state index contributed by atoms with van der Waals surface area (Å²) in [7, 11) is 1.58. The first kappa shape index (κ1) is 17.3. The van der Waals surface area contributed by atoms with Gasteiger partial charge in [-0.3, -0.25) is 4.79 Å². The fraction of sp³-hybridized carbons (Fsp3) is 0.158. The molecule has 0 saturated heterocycles. The van der Waals surface area contributed by atoms with Crippen LogP contribution >= 0.6 is 0 Å². The number of methoxy groups -OCH3 is 1. The van der Waals surface area contributed by atoms with Crippen molar-refractivity contribution in [2.75, 3.05) is 13.7 Å². The number of para-hydroxylation sites is 1. The molecule has 0 aliphatic rings. The molecule has 1 aromatic heterocycles. The highest BCUT2D eigenvalue weighted by Gasteiger charge is 2.09. The number of rotatable bonds is 7. The normalized spacial score (nSPS) is 10.8. The van der Waals surface area contributed by atoms with Crippen molar-refractivity contribution < 1.29 is 14.3 Å². The van der Waals surface area contributed by atoms with E-state index in [4.69, 9.17) is 9.47 Å². The van der Waals surface area contributed by atoms with E-state index in [0.29, 0.717) is 29.4 Å². The minimum Gasteiger partial charge on any atom is -0.492 e. The maximum absolute atomic E-state index is 12.5. The molecule has 0 amide bonds. The van der Waals surface area contributed by atoms with E-state index in [1.165, 1.54) is 17.1 Å². The molecule has 0 radical (unpaired) electrons. The Morgan fingerprint density at radius 1 is 1.23 bits per heavy atom. The number of hydrogen-bond acceptors (Lipinski definition) is 6. The van der Waals surface area contributed by atoms with Gasteiger partial charge in [-0.15, -0.1) is 5.10 Å². The van der Waals surface area contributed by atoms with Crippen molar-refractivity contribution in [2.24, 2.45) is 0 Å². The lowest BCUT2D eigenvalue weighted by Gasteiger charge is -2.11. The van der Waals surface area contributed by atoms with E-state index >= 15 is 0 Å². The highest BCUT2D eigenvalue weighted by Crippen LogP contribution is 2.32. The molecular formula is C19H18N4O3. The summed E-state index contributed by atoms with van der Waals surface area (Å²) >= 11 is 0. The van der Waals surface area contributed by atoms with Gasteiger partial charge in [0.2, 0.25) is 0 Å². The Morgan fingerprint density at radius 2 is 2.08 bits per heavy atom. The van der Waals surface area contributed by atoms with Crippen LogP contribution in [0.25, 0.3) is 11.8 Å². The molecule has 0 spiro atoms. The van der Waals surface area contributed by atoms with Gasteiger partial charge >= 0.3 is 0 Å². The molecule has 7 nitrogen and oxygen atoms in total. The summed E-state index contributed by atoms with van der Waals surface area (Å²) in [6.45, 7) is 2.44. The van der Waals surface area contributed by atoms with Crippen LogP contribution in [0.5, 0.6) is 11.5 Å². The van der Waals surface area contributed by atoms with Gasteiger partial charge in [-0.25, -0.2) is 4.68 Å². The average molecular weight is 350 g/mol. The number of benzene rings is 2. The van der Waals surface area contributed by atoms with Crippen LogP contribution < -0.4 is 9.47 Å². The van der Waals surface area contributed by atoms with Crippen LogP contribution in [-0.2, 0) is 0 Å². The first-order chi connectivity index (χ1) is 12.7. The lowest BCUT2D eigenvalue weighted by Crippen LogP contribution is -2.00. The highest BCUT2D eigenvalue weighted by atomic mass is 16.5. The predicted octanol–water partition coefficient (Wildman–Crippen LogP) is 2.97.